The molecule has 1 atom stereocenters. The highest BCUT2D eigenvalue weighted by Gasteiger charge is 2.21. The van der Waals surface area contributed by atoms with E-state index in [2.05, 4.69) is 5.32 Å². The van der Waals surface area contributed by atoms with Gasteiger partial charge in [-0.15, -0.1) is 11.3 Å². The second-order valence-corrected chi connectivity index (χ2v) is 6.78. The highest BCUT2D eigenvalue weighted by Crippen LogP contribution is 2.28. The molecule has 132 valence electrons. The second-order valence-electron chi connectivity index (χ2n) is 5.39. The number of nitrogens with zero attached hydrogens (tertiary/aromatic N) is 1. The Labute approximate surface area is 157 Å². The number of nitrogens with one attached hydrogen (secondary N) is 1. The van der Waals surface area contributed by atoms with E-state index >= 15 is 0 Å². The van der Waals surface area contributed by atoms with Crippen LogP contribution >= 0.6 is 22.9 Å². The number of carbonyl (C=O) groups is 1. The van der Waals surface area contributed by atoms with Gasteiger partial charge in [0, 0.05) is 17.0 Å². The van der Waals surface area contributed by atoms with Crippen LogP contribution in [0.4, 0.5) is 10.1 Å². The highest BCUT2D eigenvalue weighted by molar-refractivity contribution is 7.10. The van der Waals surface area contributed by atoms with Gasteiger partial charge in [-0.1, -0.05) is 29.8 Å². The van der Waals surface area contributed by atoms with E-state index in [1.807, 2.05) is 17.5 Å². The fraction of sp³-hybridized carbons (Fsp3) is 0.0556. The third-order valence-electron chi connectivity index (χ3n) is 3.71. The maximum absolute atomic E-state index is 13.2. The van der Waals surface area contributed by atoms with Crippen molar-refractivity contribution in [2.75, 3.05) is 0 Å². The van der Waals surface area contributed by atoms with E-state index < -0.39 is 16.9 Å². The Kier molecular flexibility index (Phi) is 5.29. The number of halogens is 2. The first-order valence-corrected chi connectivity index (χ1v) is 8.75. The summed E-state index contributed by atoms with van der Waals surface area (Å²) in [6, 6.07) is 12.7. The summed E-state index contributed by atoms with van der Waals surface area (Å²) < 4.78 is 13.2. The number of non-ortho nitro benzene ring substituents is 1. The van der Waals surface area contributed by atoms with Crippen LogP contribution in [0.25, 0.3) is 0 Å². The summed E-state index contributed by atoms with van der Waals surface area (Å²) in [6.45, 7) is 0. The molecular formula is C18H12ClFN2O3S. The number of nitro benzene ring substituents is 1. The van der Waals surface area contributed by atoms with E-state index in [0.29, 0.717) is 5.56 Å². The van der Waals surface area contributed by atoms with Gasteiger partial charge in [0.25, 0.3) is 11.6 Å². The summed E-state index contributed by atoms with van der Waals surface area (Å²) in [5.74, 6) is -0.851. The number of hydrogen-bond donors (Lipinski definition) is 1. The minimum Gasteiger partial charge on any atom is -0.340 e. The van der Waals surface area contributed by atoms with Crippen molar-refractivity contribution in [3.63, 3.8) is 0 Å². The zero-order valence-electron chi connectivity index (χ0n) is 13.2. The third kappa shape index (κ3) is 3.89. The average Bonchev–Trinajstić information content (AvgIpc) is 3.14. The lowest BCUT2D eigenvalue weighted by molar-refractivity contribution is -0.384. The minimum absolute atomic E-state index is 0.0132. The Morgan fingerprint density at radius 2 is 1.92 bits per heavy atom. The van der Waals surface area contributed by atoms with E-state index in [9.17, 15) is 19.3 Å². The number of thiophene rings is 1. The number of carbonyl (C=O) groups excluding carboxylic acids is 1. The molecule has 1 heterocycles. The Morgan fingerprint density at radius 1 is 1.19 bits per heavy atom. The van der Waals surface area contributed by atoms with Crippen LogP contribution in [0.5, 0.6) is 0 Å². The molecule has 1 amide bonds. The lowest BCUT2D eigenvalue weighted by Gasteiger charge is -2.18. The fourth-order valence-electron chi connectivity index (χ4n) is 2.44. The van der Waals surface area contributed by atoms with Gasteiger partial charge in [-0.2, -0.15) is 0 Å². The van der Waals surface area contributed by atoms with E-state index in [1.54, 1.807) is 12.1 Å². The number of nitro groups is 1. The molecule has 0 radical (unpaired) electrons. The van der Waals surface area contributed by atoms with Crippen LogP contribution in [0.15, 0.2) is 60.0 Å². The highest BCUT2D eigenvalue weighted by atomic mass is 35.5. The topological polar surface area (TPSA) is 72.2 Å². The molecule has 0 unspecified atom stereocenters. The Bertz CT molecular complexity index is 946. The van der Waals surface area contributed by atoms with Crippen molar-refractivity contribution >= 4 is 34.5 Å². The summed E-state index contributed by atoms with van der Waals surface area (Å²) in [5, 5.41) is 15.5. The number of hydrogen-bond acceptors (Lipinski definition) is 4. The predicted molar refractivity (Wildman–Crippen MR) is 98.1 cm³/mol. The van der Waals surface area contributed by atoms with Gasteiger partial charge in [-0.3, -0.25) is 14.9 Å². The molecule has 0 aliphatic carbocycles. The zero-order chi connectivity index (χ0) is 18.7. The van der Waals surface area contributed by atoms with Gasteiger partial charge in [0.1, 0.15) is 5.82 Å². The minimum atomic E-state index is -0.583. The van der Waals surface area contributed by atoms with Crippen molar-refractivity contribution in [1.29, 1.82) is 0 Å². The van der Waals surface area contributed by atoms with Gasteiger partial charge in [-0.25, -0.2) is 4.39 Å². The molecule has 3 aromatic rings. The van der Waals surface area contributed by atoms with Gasteiger partial charge < -0.3 is 5.32 Å². The molecular weight excluding hydrogens is 379 g/mol. The van der Waals surface area contributed by atoms with Gasteiger partial charge in [0.05, 0.1) is 21.6 Å². The molecule has 1 aromatic heterocycles. The lowest BCUT2D eigenvalue weighted by atomic mass is 10.0. The maximum Gasteiger partial charge on any atom is 0.270 e. The maximum atomic E-state index is 13.2. The van der Waals surface area contributed by atoms with Crippen molar-refractivity contribution < 1.29 is 14.1 Å². The van der Waals surface area contributed by atoms with E-state index in [1.165, 1.54) is 35.6 Å². The van der Waals surface area contributed by atoms with Gasteiger partial charge in [0.2, 0.25) is 0 Å². The van der Waals surface area contributed by atoms with Gasteiger partial charge in [-0.05, 0) is 35.2 Å². The summed E-state index contributed by atoms with van der Waals surface area (Å²) in [6.07, 6.45) is 0. The van der Waals surface area contributed by atoms with Crippen molar-refractivity contribution in [1.82, 2.24) is 5.32 Å². The van der Waals surface area contributed by atoms with E-state index in [0.717, 1.165) is 10.9 Å². The van der Waals surface area contributed by atoms with Gasteiger partial charge >= 0.3 is 0 Å². The normalized spacial score (nSPS) is 11.8. The fourth-order valence-corrected chi connectivity index (χ4v) is 3.50. The molecule has 26 heavy (non-hydrogen) atoms. The van der Waals surface area contributed by atoms with Crippen LogP contribution in [-0.2, 0) is 0 Å². The Balaban J connectivity index is 1.91. The molecule has 0 saturated heterocycles. The molecule has 0 aliphatic rings. The van der Waals surface area contributed by atoms with Crippen LogP contribution < -0.4 is 5.32 Å². The molecule has 3 rings (SSSR count). The first-order chi connectivity index (χ1) is 12.5. The van der Waals surface area contributed by atoms with Crippen molar-refractivity contribution in [3.05, 3.63) is 96.9 Å². The van der Waals surface area contributed by atoms with Crippen LogP contribution in [0.3, 0.4) is 0 Å². The van der Waals surface area contributed by atoms with Gasteiger partial charge in [0.15, 0.2) is 0 Å². The molecule has 0 fully saturated rings. The number of amides is 1. The van der Waals surface area contributed by atoms with Crippen LogP contribution in [0, 0.1) is 15.9 Å². The standard InChI is InChI=1S/C18H12ClFN2O3S/c19-15-10-13(22(24)25)7-8-14(15)18(23)21-17(16-2-1-9-26-16)11-3-5-12(20)6-4-11/h1-10,17H,(H,21,23)/t17-/m0/s1. The zero-order valence-corrected chi connectivity index (χ0v) is 14.8. The molecule has 1 N–H and O–H groups in total. The summed E-state index contributed by atoms with van der Waals surface area (Å²) in [7, 11) is 0. The van der Waals surface area contributed by atoms with Crippen LogP contribution in [0.1, 0.15) is 26.8 Å². The monoisotopic (exact) mass is 390 g/mol. The number of benzene rings is 2. The largest absolute Gasteiger partial charge is 0.340 e. The molecule has 0 saturated carbocycles. The van der Waals surface area contributed by atoms with Crippen molar-refractivity contribution in [2.45, 2.75) is 6.04 Å². The predicted octanol–water partition coefficient (Wildman–Crippen LogP) is 4.97. The van der Waals surface area contributed by atoms with Crippen molar-refractivity contribution in [2.24, 2.45) is 0 Å². The number of rotatable bonds is 5. The Hall–Kier alpha value is -2.77. The molecule has 8 heteroatoms. The van der Waals surface area contributed by atoms with Crippen LogP contribution in [-0.4, -0.2) is 10.8 Å². The van der Waals surface area contributed by atoms with E-state index in [-0.39, 0.29) is 22.1 Å². The molecule has 5 nitrogen and oxygen atoms in total. The third-order valence-corrected chi connectivity index (χ3v) is 4.96. The quantitative estimate of drug-likeness (QED) is 0.494. The molecule has 0 bridgehead atoms. The Morgan fingerprint density at radius 3 is 2.50 bits per heavy atom. The SMILES string of the molecule is O=C(N[C@@H](c1ccc(F)cc1)c1cccs1)c1ccc([N+](=O)[O-])cc1Cl. The first-order valence-electron chi connectivity index (χ1n) is 7.49. The smallest absolute Gasteiger partial charge is 0.270 e. The molecule has 0 aliphatic heterocycles. The van der Waals surface area contributed by atoms with Crippen molar-refractivity contribution in [3.8, 4) is 0 Å². The lowest BCUT2D eigenvalue weighted by Crippen LogP contribution is -2.29. The molecule has 0 spiro atoms. The first kappa shape index (κ1) is 18.0. The summed E-state index contributed by atoms with van der Waals surface area (Å²) in [5.41, 5.74) is 0.640. The second kappa shape index (κ2) is 7.63. The molecule has 2 aromatic carbocycles. The average molecular weight is 391 g/mol. The van der Waals surface area contributed by atoms with Crippen LogP contribution in [0.2, 0.25) is 5.02 Å². The summed E-state index contributed by atoms with van der Waals surface area (Å²) >= 11 is 7.48. The summed E-state index contributed by atoms with van der Waals surface area (Å²) in [4.78, 5) is 23.7. The van der Waals surface area contributed by atoms with E-state index in [4.69, 9.17) is 11.6 Å².